The monoisotopic (exact) mass is 437 g/mol. The zero-order valence-electron chi connectivity index (χ0n) is 19.9. The van der Waals surface area contributed by atoms with Crippen molar-refractivity contribution in [3.63, 3.8) is 0 Å². The molecule has 2 aliphatic heterocycles. The van der Waals surface area contributed by atoms with Crippen molar-refractivity contribution in [3.05, 3.63) is 41.5 Å². The number of benzene rings is 1. The van der Waals surface area contributed by atoms with Gasteiger partial charge in [0.1, 0.15) is 11.6 Å². The molecule has 2 aromatic rings. The zero-order chi connectivity index (χ0) is 22.2. The lowest BCUT2D eigenvalue weighted by molar-refractivity contribution is 0.475. The van der Waals surface area contributed by atoms with Crippen molar-refractivity contribution >= 4 is 11.6 Å². The highest BCUT2D eigenvalue weighted by molar-refractivity contribution is 5.79. The molecule has 0 amide bonds. The average molecular weight is 438 g/mol. The lowest BCUT2D eigenvalue weighted by Crippen LogP contribution is -2.39. The molecule has 7 nitrogen and oxygen atoms in total. The second-order valence-electron chi connectivity index (χ2n) is 9.14. The standard InChI is InChI=1S/C25H39N7/c1-26-25(27-16-9-11-24-29-28-23-10-5-3-8-19-32(23)24)30(2)20-21-12-14-22(15-13-21)31-17-6-4-7-18-31/h12-15H,3-11,16-20H2,1-2H3,(H,26,27). The van der Waals surface area contributed by atoms with Crippen molar-refractivity contribution in [2.75, 3.05) is 38.6 Å². The summed E-state index contributed by atoms with van der Waals surface area (Å²) in [6.07, 6.45) is 10.8. The lowest BCUT2D eigenvalue weighted by atomic mass is 10.1. The van der Waals surface area contributed by atoms with Crippen molar-refractivity contribution in [1.82, 2.24) is 25.0 Å². The van der Waals surface area contributed by atoms with Crippen molar-refractivity contribution in [2.24, 2.45) is 4.99 Å². The van der Waals surface area contributed by atoms with E-state index >= 15 is 0 Å². The van der Waals surface area contributed by atoms with E-state index in [-0.39, 0.29) is 0 Å². The van der Waals surface area contributed by atoms with Crippen LogP contribution in [0.5, 0.6) is 0 Å². The van der Waals surface area contributed by atoms with E-state index in [1.807, 2.05) is 7.05 Å². The minimum atomic E-state index is 0.845. The molecule has 1 aromatic carbocycles. The Morgan fingerprint density at radius 1 is 1.00 bits per heavy atom. The first-order valence-corrected chi connectivity index (χ1v) is 12.4. The summed E-state index contributed by atoms with van der Waals surface area (Å²) < 4.78 is 2.35. The van der Waals surface area contributed by atoms with Gasteiger partial charge in [0, 0.05) is 65.3 Å². The Morgan fingerprint density at radius 3 is 2.53 bits per heavy atom. The van der Waals surface area contributed by atoms with Gasteiger partial charge in [0.05, 0.1) is 0 Å². The molecule has 1 aromatic heterocycles. The third-order valence-electron chi connectivity index (χ3n) is 6.70. The summed E-state index contributed by atoms with van der Waals surface area (Å²) in [5.74, 6) is 3.25. The molecule has 2 aliphatic rings. The smallest absolute Gasteiger partial charge is 0.193 e. The number of aliphatic imine (C=N–C) groups is 1. The van der Waals surface area contributed by atoms with Gasteiger partial charge in [0.25, 0.3) is 0 Å². The van der Waals surface area contributed by atoms with Crippen LogP contribution < -0.4 is 10.2 Å². The van der Waals surface area contributed by atoms with Crippen molar-refractivity contribution in [2.45, 2.75) is 70.9 Å². The minimum Gasteiger partial charge on any atom is -0.372 e. The summed E-state index contributed by atoms with van der Waals surface area (Å²) in [6, 6.07) is 9.05. The number of anilines is 1. The fourth-order valence-electron chi connectivity index (χ4n) is 4.87. The Kier molecular flexibility index (Phi) is 8.02. The number of aryl methyl sites for hydroxylation is 2. The summed E-state index contributed by atoms with van der Waals surface area (Å²) in [5.41, 5.74) is 2.66. The summed E-state index contributed by atoms with van der Waals surface area (Å²) in [6.45, 7) is 5.18. The number of guanidine groups is 1. The van der Waals surface area contributed by atoms with Crippen LogP contribution in [0, 0.1) is 0 Å². The van der Waals surface area contributed by atoms with Gasteiger partial charge >= 0.3 is 0 Å². The van der Waals surface area contributed by atoms with Gasteiger partial charge < -0.3 is 19.7 Å². The Balaban J connectivity index is 1.23. The molecule has 0 unspecified atom stereocenters. The summed E-state index contributed by atoms with van der Waals surface area (Å²) in [7, 11) is 3.96. The van der Waals surface area contributed by atoms with Crippen LogP contribution in [0.2, 0.25) is 0 Å². The van der Waals surface area contributed by atoms with E-state index in [0.29, 0.717) is 0 Å². The molecule has 0 radical (unpaired) electrons. The highest BCUT2D eigenvalue weighted by Gasteiger charge is 2.15. The topological polar surface area (TPSA) is 61.6 Å². The number of nitrogens with one attached hydrogen (secondary N) is 1. The van der Waals surface area contributed by atoms with Gasteiger partial charge in [-0.2, -0.15) is 0 Å². The normalized spacial score (nSPS) is 17.1. The van der Waals surface area contributed by atoms with Crippen LogP contribution >= 0.6 is 0 Å². The number of nitrogens with zero attached hydrogens (tertiary/aromatic N) is 6. The first-order chi connectivity index (χ1) is 15.7. The maximum Gasteiger partial charge on any atom is 0.193 e. The molecular weight excluding hydrogens is 398 g/mol. The largest absolute Gasteiger partial charge is 0.372 e. The van der Waals surface area contributed by atoms with Gasteiger partial charge in [0.2, 0.25) is 0 Å². The van der Waals surface area contributed by atoms with Crippen molar-refractivity contribution in [3.8, 4) is 0 Å². The van der Waals surface area contributed by atoms with Gasteiger partial charge in [-0.05, 0) is 56.2 Å². The SMILES string of the molecule is CN=C(NCCCc1nnc2n1CCCCC2)N(C)Cc1ccc(N2CCCCC2)cc1. The van der Waals surface area contributed by atoms with Gasteiger partial charge in [-0.15, -0.1) is 10.2 Å². The number of hydrogen-bond donors (Lipinski definition) is 1. The third-order valence-corrected chi connectivity index (χ3v) is 6.70. The molecule has 1 saturated heterocycles. The summed E-state index contributed by atoms with van der Waals surface area (Å²) in [5, 5.41) is 12.4. The Hall–Kier alpha value is -2.57. The van der Waals surface area contributed by atoms with E-state index in [1.165, 1.54) is 68.7 Å². The predicted molar refractivity (Wildman–Crippen MR) is 131 cm³/mol. The van der Waals surface area contributed by atoms with Gasteiger partial charge in [0.15, 0.2) is 5.96 Å². The molecule has 0 bridgehead atoms. The Bertz CT molecular complexity index is 865. The molecule has 4 rings (SSSR count). The van der Waals surface area contributed by atoms with Crippen LogP contribution in [0.3, 0.4) is 0 Å². The van der Waals surface area contributed by atoms with Crippen LogP contribution in [0.4, 0.5) is 5.69 Å². The summed E-state index contributed by atoms with van der Waals surface area (Å²) >= 11 is 0. The van der Waals surface area contributed by atoms with E-state index in [9.17, 15) is 0 Å². The molecule has 0 aliphatic carbocycles. The predicted octanol–water partition coefficient (Wildman–Crippen LogP) is 3.63. The molecule has 0 spiro atoms. The lowest BCUT2D eigenvalue weighted by Gasteiger charge is -2.29. The van der Waals surface area contributed by atoms with Crippen molar-refractivity contribution in [1.29, 1.82) is 0 Å². The van der Waals surface area contributed by atoms with E-state index in [4.69, 9.17) is 0 Å². The first kappa shape index (κ1) is 22.6. The van der Waals surface area contributed by atoms with E-state index in [0.717, 1.165) is 50.7 Å². The van der Waals surface area contributed by atoms with Gasteiger partial charge in [-0.25, -0.2) is 0 Å². The van der Waals surface area contributed by atoms with Crippen LogP contribution in [0.25, 0.3) is 0 Å². The maximum atomic E-state index is 4.48. The molecule has 1 fully saturated rings. The number of fused-ring (bicyclic) bond motifs is 1. The summed E-state index contributed by atoms with van der Waals surface area (Å²) in [4.78, 5) is 9.18. The Morgan fingerprint density at radius 2 is 1.75 bits per heavy atom. The van der Waals surface area contributed by atoms with Crippen LogP contribution in [-0.4, -0.2) is 59.4 Å². The van der Waals surface area contributed by atoms with Crippen LogP contribution in [0.1, 0.15) is 62.2 Å². The maximum absolute atomic E-state index is 4.48. The van der Waals surface area contributed by atoms with E-state index in [1.54, 1.807) is 0 Å². The Labute approximate surface area is 192 Å². The molecular formula is C25H39N7. The van der Waals surface area contributed by atoms with Gasteiger partial charge in [-0.3, -0.25) is 4.99 Å². The quantitative estimate of drug-likeness (QED) is 0.407. The third kappa shape index (κ3) is 5.81. The molecule has 0 atom stereocenters. The highest BCUT2D eigenvalue weighted by Crippen LogP contribution is 2.20. The number of piperidine rings is 1. The van der Waals surface area contributed by atoms with Crippen LogP contribution in [0.15, 0.2) is 29.3 Å². The highest BCUT2D eigenvalue weighted by atomic mass is 15.3. The first-order valence-electron chi connectivity index (χ1n) is 12.4. The fourth-order valence-corrected chi connectivity index (χ4v) is 4.87. The number of aromatic nitrogens is 3. The fraction of sp³-hybridized carbons (Fsp3) is 0.640. The molecule has 174 valence electrons. The molecule has 1 N–H and O–H groups in total. The minimum absolute atomic E-state index is 0.845. The zero-order valence-corrected chi connectivity index (χ0v) is 19.9. The van der Waals surface area contributed by atoms with Crippen molar-refractivity contribution < 1.29 is 0 Å². The van der Waals surface area contributed by atoms with Gasteiger partial charge in [-0.1, -0.05) is 18.6 Å². The van der Waals surface area contributed by atoms with E-state index in [2.05, 4.69) is 66.2 Å². The van der Waals surface area contributed by atoms with Crippen LogP contribution in [-0.2, 0) is 25.9 Å². The second kappa shape index (κ2) is 11.3. The molecule has 32 heavy (non-hydrogen) atoms. The number of hydrogen-bond acceptors (Lipinski definition) is 4. The number of rotatable bonds is 7. The second-order valence-corrected chi connectivity index (χ2v) is 9.14. The molecule has 7 heteroatoms. The van der Waals surface area contributed by atoms with E-state index < -0.39 is 0 Å². The molecule has 0 saturated carbocycles. The molecule has 3 heterocycles. The average Bonchev–Trinajstić information content (AvgIpc) is 3.05.